The van der Waals surface area contributed by atoms with Crippen molar-refractivity contribution in [1.82, 2.24) is 0 Å². The molecule has 9 heteroatoms. The molecule has 0 aliphatic rings. The molecule has 182 valence electrons. The average Bonchev–Trinajstić information content (AvgIpc) is 2.58. The monoisotopic (exact) mass is 488 g/mol. The van der Waals surface area contributed by atoms with Crippen molar-refractivity contribution < 1.29 is 44.4 Å². The molecule has 0 spiro atoms. The zero-order valence-corrected chi connectivity index (χ0v) is 24.0. The van der Waals surface area contributed by atoms with Crippen molar-refractivity contribution in [3.63, 3.8) is 0 Å². The fourth-order valence-electron chi connectivity index (χ4n) is 2.32. The fraction of sp³-hybridized carbons (Fsp3) is 1.00. The molecule has 0 aliphatic heterocycles. The van der Waals surface area contributed by atoms with Crippen LogP contribution in [-0.2, 0) is 44.4 Å². The Bertz CT molecular complexity index is 393. The van der Waals surface area contributed by atoms with Gasteiger partial charge >= 0.3 is 192 Å². The molecule has 7 nitrogen and oxygen atoms in total. The molecule has 0 aromatic rings. The first kappa shape index (κ1) is 30.7. The molecule has 0 heterocycles. The first-order chi connectivity index (χ1) is 13.8. The summed E-state index contributed by atoms with van der Waals surface area (Å²) in [6.45, 7) is 23.8. The molecule has 0 fully saturated rings. The van der Waals surface area contributed by atoms with E-state index in [0.717, 1.165) is 19.3 Å². The summed E-state index contributed by atoms with van der Waals surface area (Å²) in [5.41, 5.74) is 0. The van der Waals surface area contributed by atoms with Gasteiger partial charge in [0, 0.05) is 0 Å². The van der Waals surface area contributed by atoms with Gasteiger partial charge in [0.2, 0.25) is 0 Å². The van der Waals surface area contributed by atoms with E-state index in [1.54, 1.807) is 0 Å². The third kappa shape index (κ3) is 12.0. The van der Waals surface area contributed by atoms with Crippen molar-refractivity contribution >= 4 is 9.05 Å². The van der Waals surface area contributed by atoms with Gasteiger partial charge in [0.1, 0.15) is 0 Å². The van der Waals surface area contributed by atoms with Gasteiger partial charge in [-0.1, -0.05) is 0 Å². The topological polar surface area (TPSA) is 64.6 Å². The van der Waals surface area contributed by atoms with Crippen molar-refractivity contribution in [2.75, 3.05) is 0 Å². The molecule has 0 amide bonds. The molecule has 0 aromatic heterocycles. The van der Waals surface area contributed by atoms with E-state index in [-0.39, 0.29) is 36.6 Å². The van der Waals surface area contributed by atoms with Crippen LogP contribution in [-0.4, -0.2) is 45.7 Å². The Labute approximate surface area is 192 Å². The van der Waals surface area contributed by atoms with Gasteiger partial charge in [0.25, 0.3) is 0 Å². The number of hydrogen-bond donors (Lipinski definition) is 0. The van der Waals surface area contributed by atoms with Gasteiger partial charge in [-0.3, -0.25) is 0 Å². The molecule has 0 aromatic carbocycles. The molecule has 0 bridgehead atoms. The first-order valence-electron chi connectivity index (χ1n) is 11.6. The molecule has 0 aliphatic carbocycles. The van der Waals surface area contributed by atoms with Crippen molar-refractivity contribution in [2.24, 2.45) is 0 Å². The van der Waals surface area contributed by atoms with Crippen molar-refractivity contribution in [2.45, 2.75) is 139 Å². The van der Waals surface area contributed by atoms with Gasteiger partial charge < -0.3 is 0 Å². The van der Waals surface area contributed by atoms with E-state index in [2.05, 4.69) is 20.8 Å². The normalized spacial score (nSPS) is 18.1. The average molecular weight is 489 g/mol. The molecule has 3 atom stereocenters. The second kappa shape index (κ2) is 14.7. The van der Waals surface area contributed by atoms with Crippen LogP contribution in [0.4, 0.5) is 0 Å². The van der Waals surface area contributed by atoms with Gasteiger partial charge in [-0.25, -0.2) is 0 Å². The van der Waals surface area contributed by atoms with E-state index in [1.807, 2.05) is 62.3 Å². The van der Waals surface area contributed by atoms with Gasteiger partial charge in [-0.2, -0.15) is 0 Å². The molecular weight excluding hydrogens is 440 g/mol. The summed E-state index contributed by atoms with van der Waals surface area (Å²) in [5.74, 6) is 0. The SMILES string of the molecule is CCC(C)O[Si](OC(C)CC)(OC(C)CC)[O][Ti]([O]C(C)C)([O]C(C)C)[O]C(C)C. The summed E-state index contributed by atoms with van der Waals surface area (Å²) < 4.78 is 44.7. The van der Waals surface area contributed by atoms with Crippen LogP contribution in [0, 0.1) is 0 Å². The molecule has 0 saturated carbocycles. The summed E-state index contributed by atoms with van der Waals surface area (Å²) in [4.78, 5) is 0. The summed E-state index contributed by atoms with van der Waals surface area (Å²) in [6.07, 6.45) is 1.62. The number of hydrogen-bond acceptors (Lipinski definition) is 7. The van der Waals surface area contributed by atoms with Crippen LogP contribution in [0.1, 0.15) is 102 Å². The van der Waals surface area contributed by atoms with Gasteiger partial charge in [-0.05, 0) is 0 Å². The van der Waals surface area contributed by atoms with Crippen LogP contribution >= 0.6 is 0 Å². The molecule has 0 radical (unpaired) electrons. The second-order valence-corrected chi connectivity index (χ2v) is 14.1. The predicted molar refractivity (Wildman–Crippen MR) is 118 cm³/mol. The Kier molecular flexibility index (Phi) is 15.0. The molecule has 0 rings (SSSR count). The standard InChI is InChI=1S/C12H27O4Si.3C3H7O.Ti/c1-7-10(4)14-17(13,15-11(5)8-2)16-12(6)9-3;3*1-3(2)4;/h10-12H,7-9H2,1-6H3;3*3H,1-2H3;/q4*-1;+4. The van der Waals surface area contributed by atoms with E-state index >= 15 is 0 Å². The quantitative estimate of drug-likeness (QED) is 0.234. The molecule has 0 N–H and O–H groups in total. The predicted octanol–water partition coefficient (Wildman–Crippen LogP) is 5.97. The Morgan fingerprint density at radius 1 is 0.533 bits per heavy atom. The molecule has 0 saturated heterocycles. The summed E-state index contributed by atoms with van der Waals surface area (Å²) in [6, 6.07) is 0. The van der Waals surface area contributed by atoms with E-state index in [4.69, 9.17) is 26.2 Å². The maximum absolute atomic E-state index is 6.67. The minimum atomic E-state index is -4.32. The Morgan fingerprint density at radius 2 is 0.800 bits per heavy atom. The van der Waals surface area contributed by atoms with E-state index in [9.17, 15) is 0 Å². The van der Waals surface area contributed by atoms with Crippen LogP contribution in [0.25, 0.3) is 0 Å². The third-order valence-corrected chi connectivity index (χ3v) is 12.6. The van der Waals surface area contributed by atoms with Crippen LogP contribution in [0.3, 0.4) is 0 Å². The third-order valence-electron chi connectivity index (χ3n) is 4.15. The fourth-order valence-corrected chi connectivity index (χ4v) is 10.8. The van der Waals surface area contributed by atoms with Gasteiger partial charge in [0.05, 0.1) is 0 Å². The Balaban J connectivity index is 6.39. The Morgan fingerprint density at radius 3 is 1.00 bits per heavy atom. The van der Waals surface area contributed by atoms with E-state index in [1.165, 1.54) is 0 Å². The Hall–Kier alpha value is 0.651. The van der Waals surface area contributed by atoms with Crippen LogP contribution in [0.2, 0.25) is 0 Å². The van der Waals surface area contributed by atoms with E-state index in [0.29, 0.717) is 0 Å². The summed E-state index contributed by atoms with van der Waals surface area (Å²) in [7, 11) is -3.68. The van der Waals surface area contributed by atoms with E-state index < -0.39 is 27.2 Å². The van der Waals surface area contributed by atoms with Crippen LogP contribution in [0.5, 0.6) is 0 Å². The maximum atomic E-state index is 6.67. The summed E-state index contributed by atoms with van der Waals surface area (Å²) in [5, 5.41) is 0. The molecule has 30 heavy (non-hydrogen) atoms. The van der Waals surface area contributed by atoms with Crippen molar-refractivity contribution in [3.8, 4) is 0 Å². The first-order valence-corrected chi connectivity index (χ1v) is 15.8. The zero-order chi connectivity index (χ0) is 23.5. The van der Waals surface area contributed by atoms with Gasteiger partial charge in [0.15, 0.2) is 0 Å². The van der Waals surface area contributed by atoms with Gasteiger partial charge in [-0.15, -0.1) is 0 Å². The molecular formula is C21H48O7SiTi. The van der Waals surface area contributed by atoms with Crippen molar-refractivity contribution in [1.29, 1.82) is 0 Å². The van der Waals surface area contributed by atoms with Crippen LogP contribution < -0.4 is 0 Å². The second-order valence-electron chi connectivity index (χ2n) is 8.61. The summed E-state index contributed by atoms with van der Waals surface area (Å²) >= 11 is -4.32. The van der Waals surface area contributed by atoms with Crippen LogP contribution in [0.15, 0.2) is 0 Å². The minimum absolute atomic E-state index is 0.109. The number of rotatable bonds is 17. The zero-order valence-electron chi connectivity index (χ0n) is 21.4. The van der Waals surface area contributed by atoms with Crippen molar-refractivity contribution in [3.05, 3.63) is 0 Å². The molecule has 3 unspecified atom stereocenters.